The minimum atomic E-state index is -0.146. The first-order chi connectivity index (χ1) is 19.9. The summed E-state index contributed by atoms with van der Waals surface area (Å²) in [7, 11) is 0. The molecule has 4 heterocycles. The molecule has 208 valence electrons. The first kappa shape index (κ1) is 26.7. The number of fused-ring (bicyclic) bond motifs is 1. The number of pyridine rings is 3. The number of amides is 1. The molecule has 4 aromatic heterocycles. The fourth-order valence-corrected chi connectivity index (χ4v) is 5.79. The van der Waals surface area contributed by atoms with Gasteiger partial charge in [0.05, 0.1) is 44.9 Å². The van der Waals surface area contributed by atoms with Crippen LogP contribution in [-0.2, 0) is 6.54 Å². The van der Waals surface area contributed by atoms with Gasteiger partial charge in [0, 0.05) is 30.5 Å². The predicted molar refractivity (Wildman–Crippen MR) is 160 cm³/mol. The molecule has 1 fully saturated rings. The molecule has 1 amide bonds. The van der Waals surface area contributed by atoms with Crippen LogP contribution in [0.15, 0.2) is 78.0 Å². The standard InChI is InChI=1S/C31H30ClN7O2/c1-19-25(14-22(32)16-34-19)30(40)37-23-9-6-20(7-10-23)18-38-27-4-2-3-5-28(27)39(31(38)41)24-11-12-26(35-17-24)21-8-13-29(33)36-15-21/h2-5,8,11-17,20,23H,6-7,9-10,18H2,1H3,(H2,33,36)(H,37,40). The van der Waals surface area contributed by atoms with Gasteiger partial charge in [-0.1, -0.05) is 23.7 Å². The first-order valence-electron chi connectivity index (χ1n) is 13.7. The molecule has 1 aliphatic carbocycles. The second kappa shape index (κ2) is 11.2. The van der Waals surface area contributed by atoms with Crippen molar-refractivity contribution in [1.82, 2.24) is 29.4 Å². The molecule has 3 N–H and O–H groups in total. The Kier molecular flexibility index (Phi) is 7.28. The summed E-state index contributed by atoms with van der Waals surface area (Å²) in [5, 5.41) is 3.59. The average molecular weight is 568 g/mol. The maximum absolute atomic E-state index is 13.8. The van der Waals surface area contributed by atoms with Crippen LogP contribution in [0.5, 0.6) is 0 Å². The van der Waals surface area contributed by atoms with Crippen LogP contribution in [0.2, 0.25) is 5.02 Å². The van der Waals surface area contributed by atoms with Crippen LogP contribution < -0.4 is 16.7 Å². The Bertz CT molecular complexity index is 1770. The van der Waals surface area contributed by atoms with E-state index in [1.807, 2.05) is 47.0 Å². The molecule has 0 atom stereocenters. The molecule has 6 rings (SSSR count). The Labute approximate surface area is 242 Å². The summed E-state index contributed by atoms with van der Waals surface area (Å²) >= 11 is 6.05. The van der Waals surface area contributed by atoms with E-state index in [2.05, 4.69) is 20.3 Å². The third-order valence-electron chi connectivity index (χ3n) is 7.84. The van der Waals surface area contributed by atoms with E-state index in [9.17, 15) is 9.59 Å². The largest absolute Gasteiger partial charge is 0.384 e. The van der Waals surface area contributed by atoms with Gasteiger partial charge in [0.1, 0.15) is 5.82 Å². The van der Waals surface area contributed by atoms with Crippen LogP contribution in [-0.4, -0.2) is 36.0 Å². The van der Waals surface area contributed by atoms with Gasteiger partial charge in [0.25, 0.3) is 5.91 Å². The number of aromatic nitrogens is 5. The van der Waals surface area contributed by atoms with Crippen molar-refractivity contribution in [3.05, 3.63) is 100.0 Å². The van der Waals surface area contributed by atoms with Gasteiger partial charge in [-0.05, 0) is 81.0 Å². The van der Waals surface area contributed by atoms with Gasteiger partial charge in [-0.15, -0.1) is 0 Å². The van der Waals surface area contributed by atoms with Crippen molar-refractivity contribution in [1.29, 1.82) is 0 Å². The van der Waals surface area contributed by atoms with E-state index < -0.39 is 0 Å². The number of nitrogens with zero attached hydrogens (tertiary/aromatic N) is 5. The molecule has 0 aliphatic heterocycles. The Morgan fingerprint density at radius 1 is 0.976 bits per heavy atom. The summed E-state index contributed by atoms with van der Waals surface area (Å²) in [6.45, 7) is 2.42. The lowest BCUT2D eigenvalue weighted by molar-refractivity contribution is 0.0919. The molecule has 5 aromatic rings. The Hall–Kier alpha value is -4.50. The SMILES string of the molecule is Cc1ncc(Cl)cc1C(=O)NC1CCC(Cn2c(=O)n(-c3ccc(-c4ccc(N)nc4)nc3)c3ccccc32)CC1. The molecule has 10 heteroatoms. The highest BCUT2D eigenvalue weighted by atomic mass is 35.5. The number of anilines is 1. The number of rotatable bonds is 6. The lowest BCUT2D eigenvalue weighted by atomic mass is 9.85. The lowest BCUT2D eigenvalue weighted by Gasteiger charge is -2.29. The molecule has 0 saturated heterocycles. The number of imidazole rings is 1. The van der Waals surface area contributed by atoms with Crippen molar-refractivity contribution in [2.75, 3.05) is 5.73 Å². The summed E-state index contributed by atoms with van der Waals surface area (Å²) < 4.78 is 3.60. The summed E-state index contributed by atoms with van der Waals surface area (Å²) in [6, 6.07) is 17.0. The van der Waals surface area contributed by atoms with Crippen molar-refractivity contribution < 1.29 is 4.79 Å². The average Bonchev–Trinajstić information content (AvgIpc) is 3.26. The second-order valence-corrected chi connectivity index (χ2v) is 11.0. The van der Waals surface area contributed by atoms with Crippen LogP contribution in [0.1, 0.15) is 41.7 Å². The van der Waals surface area contributed by atoms with Gasteiger partial charge in [-0.3, -0.25) is 23.9 Å². The molecule has 0 radical (unpaired) electrons. The molecule has 0 bridgehead atoms. The van der Waals surface area contributed by atoms with Crippen LogP contribution in [0.4, 0.5) is 5.82 Å². The lowest BCUT2D eigenvalue weighted by Crippen LogP contribution is -2.39. The van der Waals surface area contributed by atoms with Crippen molar-refractivity contribution in [2.24, 2.45) is 5.92 Å². The van der Waals surface area contributed by atoms with E-state index in [-0.39, 0.29) is 17.6 Å². The Balaban J connectivity index is 1.18. The Morgan fingerprint density at radius 3 is 2.46 bits per heavy atom. The molecule has 1 aliphatic rings. The fraction of sp³-hybridized carbons (Fsp3) is 0.258. The number of hydrogen-bond acceptors (Lipinski definition) is 6. The third kappa shape index (κ3) is 5.45. The Morgan fingerprint density at radius 2 is 1.76 bits per heavy atom. The quantitative estimate of drug-likeness (QED) is 0.292. The van der Waals surface area contributed by atoms with Crippen molar-refractivity contribution in [2.45, 2.75) is 45.2 Å². The highest BCUT2D eigenvalue weighted by Crippen LogP contribution is 2.28. The minimum absolute atomic E-state index is 0.0797. The third-order valence-corrected chi connectivity index (χ3v) is 8.05. The van der Waals surface area contributed by atoms with Crippen LogP contribution in [0.3, 0.4) is 0 Å². The number of hydrogen-bond donors (Lipinski definition) is 2. The zero-order valence-electron chi connectivity index (χ0n) is 22.6. The van der Waals surface area contributed by atoms with E-state index in [0.717, 1.165) is 48.0 Å². The second-order valence-electron chi connectivity index (χ2n) is 10.6. The van der Waals surface area contributed by atoms with Gasteiger partial charge in [-0.25, -0.2) is 9.78 Å². The summed E-state index contributed by atoms with van der Waals surface area (Å²) in [5.74, 6) is 0.633. The summed E-state index contributed by atoms with van der Waals surface area (Å²) in [6.07, 6.45) is 8.47. The number of nitrogen functional groups attached to an aromatic ring is 1. The molecular weight excluding hydrogens is 538 g/mol. The monoisotopic (exact) mass is 567 g/mol. The molecule has 41 heavy (non-hydrogen) atoms. The van der Waals surface area contributed by atoms with Crippen LogP contribution >= 0.6 is 11.6 Å². The maximum Gasteiger partial charge on any atom is 0.333 e. The van der Waals surface area contributed by atoms with Gasteiger partial charge in [0.15, 0.2) is 0 Å². The number of aryl methyl sites for hydroxylation is 1. The van der Waals surface area contributed by atoms with Gasteiger partial charge >= 0.3 is 5.69 Å². The minimum Gasteiger partial charge on any atom is -0.384 e. The van der Waals surface area contributed by atoms with Crippen LogP contribution in [0, 0.1) is 12.8 Å². The van der Waals surface area contributed by atoms with Crippen molar-refractivity contribution in [3.63, 3.8) is 0 Å². The number of para-hydroxylation sites is 2. The molecular formula is C31H30ClN7O2. The van der Waals surface area contributed by atoms with Gasteiger partial charge in [-0.2, -0.15) is 0 Å². The topological polar surface area (TPSA) is 121 Å². The fourth-order valence-electron chi connectivity index (χ4n) is 5.63. The van der Waals surface area contributed by atoms with Crippen molar-refractivity contribution >= 4 is 34.4 Å². The molecule has 0 spiro atoms. The molecule has 1 saturated carbocycles. The highest BCUT2D eigenvalue weighted by Gasteiger charge is 2.25. The van der Waals surface area contributed by atoms with E-state index in [4.69, 9.17) is 17.3 Å². The molecule has 1 aromatic carbocycles. The van der Waals surface area contributed by atoms with E-state index >= 15 is 0 Å². The normalized spacial score (nSPS) is 17.0. The zero-order valence-corrected chi connectivity index (χ0v) is 23.4. The summed E-state index contributed by atoms with van der Waals surface area (Å²) in [4.78, 5) is 39.5. The molecule has 0 unspecified atom stereocenters. The number of nitrogens with one attached hydrogen (secondary N) is 1. The maximum atomic E-state index is 13.8. The number of benzene rings is 1. The number of carbonyl (C=O) groups is 1. The number of carbonyl (C=O) groups excluding carboxylic acids is 1. The number of nitrogens with two attached hydrogens (primary N) is 1. The highest BCUT2D eigenvalue weighted by molar-refractivity contribution is 6.30. The first-order valence-corrected chi connectivity index (χ1v) is 14.1. The van der Waals surface area contributed by atoms with E-state index in [1.165, 1.54) is 0 Å². The summed E-state index contributed by atoms with van der Waals surface area (Å²) in [5.41, 5.74) is 10.8. The predicted octanol–water partition coefficient (Wildman–Crippen LogP) is 5.18. The van der Waals surface area contributed by atoms with Crippen molar-refractivity contribution in [3.8, 4) is 16.9 Å². The smallest absolute Gasteiger partial charge is 0.333 e. The van der Waals surface area contributed by atoms with E-state index in [1.54, 1.807) is 42.2 Å². The van der Waals surface area contributed by atoms with Crippen LogP contribution in [0.25, 0.3) is 28.0 Å². The molecule has 9 nitrogen and oxygen atoms in total. The number of halogens is 1. The van der Waals surface area contributed by atoms with Gasteiger partial charge in [0.2, 0.25) is 0 Å². The van der Waals surface area contributed by atoms with E-state index in [0.29, 0.717) is 40.2 Å². The van der Waals surface area contributed by atoms with Gasteiger partial charge < -0.3 is 11.1 Å². The zero-order chi connectivity index (χ0) is 28.5.